The van der Waals surface area contributed by atoms with Gasteiger partial charge in [0, 0.05) is 5.92 Å². The molecule has 2 heteroatoms. The van der Waals surface area contributed by atoms with Crippen LogP contribution in [-0.4, -0.2) is 13.0 Å². The molecular weight excluding hydrogens is 147 g/mol. The number of hydrogen-bond donors (Lipinski definition) is 0. The number of carbonyl (C=O) groups excluding carboxylic acids is 1. The molecule has 0 aliphatic heterocycles. The van der Waals surface area contributed by atoms with Gasteiger partial charge in [0.1, 0.15) is 0 Å². The summed E-state index contributed by atoms with van der Waals surface area (Å²) in [7, 11) is 1.69. The van der Waals surface area contributed by atoms with Crippen LogP contribution < -0.4 is 5.46 Å². The lowest BCUT2D eigenvalue weighted by Gasteiger charge is -2.01. The monoisotopic (exact) mass is 159 g/mol. The van der Waals surface area contributed by atoms with Gasteiger partial charge >= 0.3 is 0 Å². The van der Waals surface area contributed by atoms with Crippen LogP contribution in [0.2, 0.25) is 0 Å². The van der Waals surface area contributed by atoms with Gasteiger partial charge in [0.25, 0.3) is 0 Å². The second-order valence-corrected chi connectivity index (χ2v) is 3.11. The van der Waals surface area contributed by atoms with E-state index in [4.69, 9.17) is 0 Å². The van der Waals surface area contributed by atoms with Crippen LogP contribution in [0.3, 0.4) is 0 Å². The minimum absolute atomic E-state index is 0.0882. The molecular formula is C10H12BO. The molecule has 0 atom stereocenters. The smallest absolute Gasteiger partial charge is 0.241 e. The predicted molar refractivity (Wildman–Crippen MR) is 51.7 cm³/mol. The Kier molecular flexibility index (Phi) is 3.09. The van der Waals surface area contributed by atoms with Crippen molar-refractivity contribution in [2.75, 3.05) is 0 Å². The minimum atomic E-state index is 0.0882. The number of hydrogen-bond acceptors (Lipinski definition) is 1. The molecule has 1 radical (unpaired) electrons. The highest BCUT2D eigenvalue weighted by Gasteiger charge is 2.08. The van der Waals surface area contributed by atoms with Crippen molar-refractivity contribution >= 4 is 18.4 Å². The summed E-state index contributed by atoms with van der Waals surface area (Å²) in [6.45, 7) is 3.81. The van der Waals surface area contributed by atoms with E-state index in [2.05, 4.69) is 0 Å². The molecule has 0 spiro atoms. The number of carbonyl (C=O) groups is 1. The summed E-state index contributed by atoms with van der Waals surface area (Å²) in [5, 5.41) is 0. The van der Waals surface area contributed by atoms with Crippen molar-refractivity contribution in [1.29, 1.82) is 0 Å². The maximum Gasteiger partial charge on any atom is 0.241 e. The van der Waals surface area contributed by atoms with Crippen LogP contribution >= 0.6 is 0 Å². The molecule has 0 bridgehead atoms. The quantitative estimate of drug-likeness (QED) is 0.605. The van der Waals surface area contributed by atoms with E-state index < -0.39 is 0 Å². The summed E-state index contributed by atoms with van der Waals surface area (Å²) in [5.41, 5.74) is 1.16. The maximum absolute atomic E-state index is 11.3. The van der Waals surface area contributed by atoms with Crippen LogP contribution in [0, 0.1) is 5.92 Å². The molecule has 0 unspecified atom stereocenters. The van der Waals surface area contributed by atoms with Gasteiger partial charge in [-0.2, -0.15) is 0 Å². The van der Waals surface area contributed by atoms with Crippen LogP contribution in [0.15, 0.2) is 30.3 Å². The van der Waals surface area contributed by atoms with Crippen LogP contribution in [-0.2, 0) is 4.79 Å². The van der Waals surface area contributed by atoms with Gasteiger partial charge in [-0.3, -0.25) is 0 Å². The van der Waals surface area contributed by atoms with Crippen LogP contribution in [0.4, 0.5) is 0 Å². The van der Waals surface area contributed by atoms with Crippen LogP contribution in [0.25, 0.3) is 0 Å². The molecule has 0 saturated carbocycles. The van der Waals surface area contributed by atoms with Gasteiger partial charge in [0.2, 0.25) is 7.28 Å². The lowest BCUT2D eigenvalue weighted by atomic mass is 9.63. The zero-order chi connectivity index (χ0) is 8.97. The molecule has 1 nitrogen and oxygen atoms in total. The highest BCUT2D eigenvalue weighted by molar-refractivity contribution is 6.84. The Morgan fingerprint density at radius 2 is 1.83 bits per heavy atom. The lowest BCUT2D eigenvalue weighted by Crippen LogP contribution is -2.26. The Hall–Kier alpha value is -1.05. The molecule has 61 valence electrons. The van der Waals surface area contributed by atoms with Crippen molar-refractivity contribution < 1.29 is 4.79 Å². The maximum atomic E-state index is 11.3. The molecule has 0 fully saturated rings. The van der Waals surface area contributed by atoms with Gasteiger partial charge < -0.3 is 4.79 Å². The van der Waals surface area contributed by atoms with E-state index in [1.807, 2.05) is 44.2 Å². The predicted octanol–water partition coefficient (Wildman–Crippen LogP) is 1.20. The van der Waals surface area contributed by atoms with Crippen molar-refractivity contribution in [1.82, 2.24) is 0 Å². The average Bonchev–Trinajstić information content (AvgIpc) is 2.06. The summed E-state index contributed by atoms with van der Waals surface area (Å²) in [6.07, 6.45) is 0. The second-order valence-electron chi connectivity index (χ2n) is 3.11. The Balaban J connectivity index is 2.59. The molecule has 0 aliphatic rings. The van der Waals surface area contributed by atoms with Gasteiger partial charge in [-0.1, -0.05) is 49.6 Å². The first kappa shape index (κ1) is 9.05. The second kappa shape index (κ2) is 4.10. The SMILES string of the molecule is CC(C)C(=O)[B]c1ccccc1. The molecule has 1 aromatic carbocycles. The zero-order valence-electron chi connectivity index (χ0n) is 7.45. The van der Waals surface area contributed by atoms with E-state index in [9.17, 15) is 4.79 Å². The van der Waals surface area contributed by atoms with Crippen molar-refractivity contribution in [3.63, 3.8) is 0 Å². The standard InChI is InChI=1S/C10H12BO/c1-8(2)10(12)11-9-6-4-3-5-7-9/h3-8H,1-2H3. The third kappa shape index (κ3) is 2.53. The van der Waals surface area contributed by atoms with Gasteiger partial charge in [-0.05, 0) is 0 Å². The average molecular weight is 159 g/mol. The number of rotatable bonds is 3. The molecule has 0 aromatic heterocycles. The zero-order valence-corrected chi connectivity index (χ0v) is 7.45. The van der Waals surface area contributed by atoms with E-state index in [0.717, 1.165) is 5.46 Å². The van der Waals surface area contributed by atoms with E-state index >= 15 is 0 Å². The van der Waals surface area contributed by atoms with Crippen LogP contribution in [0.1, 0.15) is 13.8 Å². The molecule has 0 aliphatic carbocycles. The fraction of sp³-hybridized carbons (Fsp3) is 0.300. The molecule has 0 heterocycles. The lowest BCUT2D eigenvalue weighted by molar-refractivity contribution is -0.114. The molecule has 1 rings (SSSR count). The van der Waals surface area contributed by atoms with Crippen molar-refractivity contribution in [2.45, 2.75) is 13.8 Å². The first-order valence-corrected chi connectivity index (χ1v) is 4.14. The van der Waals surface area contributed by atoms with E-state index in [-0.39, 0.29) is 11.6 Å². The summed E-state index contributed by atoms with van der Waals surface area (Å²) in [6, 6.07) is 9.66. The first-order valence-electron chi connectivity index (χ1n) is 4.14. The van der Waals surface area contributed by atoms with E-state index in [1.165, 1.54) is 0 Å². The molecule has 1 aromatic rings. The number of benzene rings is 1. The Morgan fingerprint density at radius 1 is 1.25 bits per heavy atom. The van der Waals surface area contributed by atoms with Crippen molar-refractivity contribution in [2.24, 2.45) is 5.92 Å². The Labute approximate surface area is 74.0 Å². The summed E-state index contributed by atoms with van der Waals surface area (Å²) in [4.78, 5) is 11.3. The van der Waals surface area contributed by atoms with Crippen molar-refractivity contribution in [3.8, 4) is 0 Å². The summed E-state index contributed by atoms with van der Waals surface area (Å²) < 4.78 is 0. The highest BCUT2D eigenvalue weighted by Crippen LogP contribution is 1.92. The third-order valence-electron chi connectivity index (χ3n) is 1.68. The van der Waals surface area contributed by atoms with Crippen LogP contribution in [0.5, 0.6) is 0 Å². The summed E-state index contributed by atoms with van der Waals surface area (Å²) >= 11 is 0. The molecule has 0 saturated heterocycles. The fourth-order valence-electron chi connectivity index (χ4n) is 0.880. The Morgan fingerprint density at radius 3 is 2.33 bits per heavy atom. The Bertz CT molecular complexity index is 254. The van der Waals surface area contributed by atoms with E-state index in [0.29, 0.717) is 0 Å². The van der Waals surface area contributed by atoms with Crippen molar-refractivity contribution in [3.05, 3.63) is 30.3 Å². The topological polar surface area (TPSA) is 17.1 Å². The normalized spacial score (nSPS) is 9.92. The fourth-order valence-corrected chi connectivity index (χ4v) is 0.880. The third-order valence-corrected chi connectivity index (χ3v) is 1.68. The van der Waals surface area contributed by atoms with Gasteiger partial charge in [0.05, 0.1) is 5.68 Å². The molecule has 12 heavy (non-hydrogen) atoms. The molecule has 0 N–H and O–H groups in total. The highest BCUT2D eigenvalue weighted by atomic mass is 16.1. The van der Waals surface area contributed by atoms with Gasteiger partial charge in [-0.25, -0.2) is 0 Å². The largest absolute Gasteiger partial charge is 0.311 e. The van der Waals surface area contributed by atoms with Gasteiger partial charge in [0.15, 0.2) is 0 Å². The minimum Gasteiger partial charge on any atom is -0.311 e. The molecule has 0 amide bonds. The van der Waals surface area contributed by atoms with E-state index in [1.54, 1.807) is 7.28 Å². The van der Waals surface area contributed by atoms with Gasteiger partial charge in [-0.15, -0.1) is 0 Å². The first-order chi connectivity index (χ1) is 5.70. The summed E-state index contributed by atoms with van der Waals surface area (Å²) in [5.74, 6) is 0.0882.